The van der Waals surface area contributed by atoms with Crippen molar-refractivity contribution < 1.29 is 19.1 Å². The van der Waals surface area contributed by atoms with Crippen LogP contribution in [-0.2, 0) is 15.9 Å². The zero-order chi connectivity index (χ0) is 16.6. The topological polar surface area (TPSA) is 57.5 Å². The number of carbonyl (C=O) groups is 2. The third kappa shape index (κ3) is 2.67. The first kappa shape index (κ1) is 15.8. The minimum atomic E-state index is -0.516. The summed E-state index contributed by atoms with van der Waals surface area (Å²) < 4.78 is 13.0. The van der Waals surface area contributed by atoms with Crippen LogP contribution in [0.15, 0.2) is 28.7 Å². The first-order valence-electron chi connectivity index (χ1n) is 7.44. The van der Waals surface area contributed by atoms with Gasteiger partial charge in [-0.1, -0.05) is 15.9 Å². The molecule has 0 bridgehead atoms. The predicted molar refractivity (Wildman–Crippen MR) is 88.2 cm³/mol. The number of halogens is 1. The number of rotatable bonds is 4. The number of esters is 2. The first-order valence-corrected chi connectivity index (χ1v) is 8.23. The lowest BCUT2D eigenvalue weighted by atomic mass is 10.1. The lowest BCUT2D eigenvalue weighted by Crippen LogP contribution is -2.16. The fourth-order valence-corrected chi connectivity index (χ4v) is 3.25. The molecular formula is C17H16BrNO4. The third-order valence-electron chi connectivity index (χ3n) is 3.70. The maximum absolute atomic E-state index is 12.4. The van der Waals surface area contributed by atoms with Crippen molar-refractivity contribution in [3.05, 3.63) is 51.3 Å². The second-order valence-electron chi connectivity index (χ2n) is 5.12. The van der Waals surface area contributed by atoms with E-state index >= 15 is 0 Å². The average Bonchev–Trinajstić information content (AvgIpc) is 3.02. The molecule has 120 valence electrons. The summed E-state index contributed by atoms with van der Waals surface area (Å²) in [6.07, 6.45) is 0.653. The molecule has 23 heavy (non-hydrogen) atoms. The van der Waals surface area contributed by atoms with Gasteiger partial charge in [-0.3, -0.25) is 0 Å². The molecule has 1 aromatic heterocycles. The van der Waals surface area contributed by atoms with Gasteiger partial charge in [0.1, 0.15) is 5.69 Å². The van der Waals surface area contributed by atoms with Gasteiger partial charge in [0.05, 0.1) is 18.8 Å². The van der Waals surface area contributed by atoms with Crippen molar-refractivity contribution in [1.29, 1.82) is 0 Å². The van der Waals surface area contributed by atoms with Gasteiger partial charge in [0, 0.05) is 22.3 Å². The standard InChI is InChI=1S/C17H16BrNO4/c1-3-22-16(20)13-9-12-8-10-7-11(18)5-6-14(10)19(12)15(13)17(21)23-4-2/h5-7,9H,3-4,8H2,1-2H3. The molecule has 3 rings (SSSR count). The van der Waals surface area contributed by atoms with Gasteiger partial charge in [0.25, 0.3) is 0 Å². The van der Waals surface area contributed by atoms with Crippen molar-refractivity contribution in [3.8, 4) is 5.69 Å². The van der Waals surface area contributed by atoms with E-state index < -0.39 is 11.9 Å². The third-order valence-corrected chi connectivity index (χ3v) is 4.19. The highest BCUT2D eigenvalue weighted by molar-refractivity contribution is 9.10. The van der Waals surface area contributed by atoms with Crippen LogP contribution in [-0.4, -0.2) is 29.7 Å². The van der Waals surface area contributed by atoms with Crippen molar-refractivity contribution in [2.45, 2.75) is 20.3 Å². The van der Waals surface area contributed by atoms with Crippen molar-refractivity contribution in [2.24, 2.45) is 0 Å². The van der Waals surface area contributed by atoms with Gasteiger partial charge in [-0.2, -0.15) is 0 Å². The molecule has 0 saturated heterocycles. The number of nitrogens with zero attached hydrogens (tertiary/aromatic N) is 1. The van der Waals surface area contributed by atoms with Crippen LogP contribution >= 0.6 is 15.9 Å². The highest BCUT2D eigenvalue weighted by atomic mass is 79.9. The van der Waals surface area contributed by atoms with E-state index in [-0.39, 0.29) is 24.5 Å². The summed E-state index contributed by atoms with van der Waals surface area (Å²) in [5.74, 6) is -1.02. The number of hydrogen-bond acceptors (Lipinski definition) is 4. The monoisotopic (exact) mass is 377 g/mol. The molecule has 0 radical (unpaired) electrons. The van der Waals surface area contributed by atoms with E-state index in [0.717, 1.165) is 21.4 Å². The largest absolute Gasteiger partial charge is 0.462 e. The van der Waals surface area contributed by atoms with Crippen molar-refractivity contribution in [3.63, 3.8) is 0 Å². The zero-order valence-corrected chi connectivity index (χ0v) is 14.5. The van der Waals surface area contributed by atoms with Crippen LogP contribution < -0.4 is 0 Å². The first-order chi connectivity index (χ1) is 11.1. The Morgan fingerprint density at radius 3 is 2.52 bits per heavy atom. The van der Waals surface area contributed by atoms with Crippen LogP contribution in [0.3, 0.4) is 0 Å². The van der Waals surface area contributed by atoms with Crippen LogP contribution in [0, 0.1) is 0 Å². The smallest absolute Gasteiger partial charge is 0.356 e. The van der Waals surface area contributed by atoms with Gasteiger partial charge in [-0.25, -0.2) is 9.59 Å². The lowest BCUT2D eigenvalue weighted by Gasteiger charge is -2.10. The van der Waals surface area contributed by atoms with E-state index in [4.69, 9.17) is 9.47 Å². The van der Waals surface area contributed by atoms with E-state index in [1.807, 2.05) is 18.2 Å². The molecule has 0 fully saturated rings. The van der Waals surface area contributed by atoms with E-state index in [9.17, 15) is 9.59 Å². The Balaban J connectivity index is 2.17. The molecule has 0 N–H and O–H groups in total. The maximum Gasteiger partial charge on any atom is 0.356 e. The molecule has 1 aliphatic rings. The van der Waals surface area contributed by atoms with Crippen LogP contribution in [0.1, 0.15) is 46.0 Å². The molecule has 1 aromatic carbocycles. The Kier molecular flexibility index (Phi) is 4.26. The van der Waals surface area contributed by atoms with E-state index in [2.05, 4.69) is 15.9 Å². The zero-order valence-electron chi connectivity index (χ0n) is 12.9. The van der Waals surface area contributed by atoms with Crippen molar-refractivity contribution in [1.82, 2.24) is 4.57 Å². The summed E-state index contributed by atoms with van der Waals surface area (Å²) in [5, 5.41) is 0. The van der Waals surface area contributed by atoms with Gasteiger partial charge < -0.3 is 14.0 Å². The minimum absolute atomic E-state index is 0.237. The summed E-state index contributed by atoms with van der Waals surface area (Å²) in [5.41, 5.74) is 3.36. The molecule has 2 aromatic rings. The van der Waals surface area contributed by atoms with Crippen LogP contribution in [0.4, 0.5) is 0 Å². The second kappa shape index (κ2) is 6.20. The molecule has 0 spiro atoms. The Labute approximate surface area is 142 Å². The number of benzene rings is 1. The number of hydrogen-bond donors (Lipinski definition) is 0. The Morgan fingerprint density at radius 2 is 1.83 bits per heavy atom. The number of carbonyl (C=O) groups excluding carboxylic acids is 2. The fraction of sp³-hybridized carbons (Fsp3) is 0.294. The summed E-state index contributed by atoms with van der Waals surface area (Å²) in [6, 6.07) is 7.57. The maximum atomic E-state index is 12.4. The Morgan fingerprint density at radius 1 is 1.13 bits per heavy atom. The van der Waals surface area contributed by atoms with Gasteiger partial charge in [0.15, 0.2) is 0 Å². The quantitative estimate of drug-likeness (QED) is 0.652. The van der Waals surface area contributed by atoms with Crippen LogP contribution in [0.5, 0.6) is 0 Å². The van der Waals surface area contributed by atoms with Gasteiger partial charge in [-0.05, 0) is 43.7 Å². The summed E-state index contributed by atoms with van der Waals surface area (Å²) in [7, 11) is 0. The van der Waals surface area contributed by atoms with E-state index in [0.29, 0.717) is 6.42 Å². The molecular weight excluding hydrogens is 362 g/mol. The summed E-state index contributed by atoms with van der Waals surface area (Å²) in [6.45, 7) is 3.97. The molecule has 0 aliphatic carbocycles. The molecule has 6 heteroatoms. The fourth-order valence-electron chi connectivity index (χ4n) is 2.84. The lowest BCUT2D eigenvalue weighted by molar-refractivity contribution is 0.0473. The van der Waals surface area contributed by atoms with E-state index in [1.54, 1.807) is 24.5 Å². The highest BCUT2D eigenvalue weighted by Crippen LogP contribution is 2.34. The predicted octanol–water partition coefficient (Wildman–Crippen LogP) is 3.50. The van der Waals surface area contributed by atoms with Gasteiger partial charge in [-0.15, -0.1) is 0 Å². The molecule has 0 unspecified atom stereocenters. The molecule has 0 saturated carbocycles. The van der Waals surface area contributed by atoms with E-state index in [1.165, 1.54) is 0 Å². The molecule has 5 nitrogen and oxygen atoms in total. The summed E-state index contributed by atoms with van der Waals surface area (Å²) in [4.78, 5) is 24.6. The molecule has 2 heterocycles. The molecule has 0 atom stereocenters. The minimum Gasteiger partial charge on any atom is -0.462 e. The number of fused-ring (bicyclic) bond motifs is 3. The SMILES string of the molecule is CCOC(=O)c1cc2n(c1C(=O)OCC)-c1ccc(Br)cc1C2. The van der Waals surface area contributed by atoms with Gasteiger partial charge >= 0.3 is 11.9 Å². The normalized spacial score (nSPS) is 11.8. The van der Waals surface area contributed by atoms with Crippen LogP contribution in [0.25, 0.3) is 5.69 Å². The summed E-state index contributed by atoms with van der Waals surface area (Å²) >= 11 is 3.45. The molecule has 0 amide bonds. The second-order valence-corrected chi connectivity index (χ2v) is 6.04. The molecule has 1 aliphatic heterocycles. The van der Waals surface area contributed by atoms with Gasteiger partial charge in [0.2, 0.25) is 0 Å². The Bertz CT molecular complexity index is 794. The number of aromatic nitrogens is 1. The Hall–Kier alpha value is -2.08. The van der Waals surface area contributed by atoms with Crippen LogP contribution in [0.2, 0.25) is 0 Å². The van der Waals surface area contributed by atoms with Crippen molar-refractivity contribution >= 4 is 27.9 Å². The number of ether oxygens (including phenoxy) is 2. The van der Waals surface area contributed by atoms with Crippen molar-refractivity contribution in [2.75, 3.05) is 13.2 Å². The average molecular weight is 378 g/mol. The highest BCUT2D eigenvalue weighted by Gasteiger charge is 2.32.